The summed E-state index contributed by atoms with van der Waals surface area (Å²) in [7, 11) is 0. The number of carbonyl (C=O) groups is 2. The SMILES string of the molecule is Cc1ccc(-n2c3c(ccc2=O)C(=O)C=CC3=O)cc1. The maximum absolute atomic E-state index is 12.1. The summed E-state index contributed by atoms with van der Waals surface area (Å²) in [6.07, 6.45) is 2.43. The van der Waals surface area contributed by atoms with E-state index in [0.717, 1.165) is 5.56 Å². The molecule has 0 spiro atoms. The second-order valence-electron chi connectivity index (χ2n) is 4.67. The average Bonchev–Trinajstić information content (AvgIpc) is 2.44. The maximum Gasteiger partial charge on any atom is 0.255 e. The molecule has 0 saturated heterocycles. The molecule has 4 heteroatoms. The van der Waals surface area contributed by atoms with E-state index in [1.165, 1.54) is 28.9 Å². The molecule has 0 saturated carbocycles. The molecule has 1 aliphatic carbocycles. The third-order valence-electron chi connectivity index (χ3n) is 3.27. The van der Waals surface area contributed by atoms with Crippen LogP contribution in [0.1, 0.15) is 26.4 Å². The fourth-order valence-electron chi connectivity index (χ4n) is 2.25. The highest BCUT2D eigenvalue weighted by Gasteiger charge is 2.23. The first-order valence-corrected chi connectivity index (χ1v) is 6.18. The smallest absolute Gasteiger partial charge is 0.255 e. The molecule has 1 aromatic heterocycles. The zero-order valence-corrected chi connectivity index (χ0v) is 10.8. The number of hydrogen-bond donors (Lipinski definition) is 0. The monoisotopic (exact) mass is 265 g/mol. The third-order valence-corrected chi connectivity index (χ3v) is 3.27. The Hall–Kier alpha value is -2.75. The number of fused-ring (bicyclic) bond motifs is 1. The van der Waals surface area contributed by atoms with Gasteiger partial charge in [0.1, 0.15) is 5.69 Å². The molecule has 4 nitrogen and oxygen atoms in total. The fourth-order valence-corrected chi connectivity index (χ4v) is 2.25. The lowest BCUT2D eigenvalue weighted by atomic mass is 9.99. The molecule has 1 aliphatic rings. The van der Waals surface area contributed by atoms with Crippen LogP contribution in [0.25, 0.3) is 5.69 Å². The van der Waals surface area contributed by atoms with Crippen molar-refractivity contribution in [1.82, 2.24) is 4.57 Å². The normalized spacial score (nSPS) is 13.4. The van der Waals surface area contributed by atoms with Gasteiger partial charge < -0.3 is 0 Å². The van der Waals surface area contributed by atoms with Crippen molar-refractivity contribution in [2.75, 3.05) is 0 Å². The molecule has 2 aromatic rings. The van der Waals surface area contributed by atoms with Gasteiger partial charge in [-0.2, -0.15) is 0 Å². The number of allylic oxidation sites excluding steroid dienone is 2. The van der Waals surface area contributed by atoms with E-state index in [1.807, 2.05) is 19.1 Å². The number of benzene rings is 1. The topological polar surface area (TPSA) is 56.1 Å². The first-order valence-electron chi connectivity index (χ1n) is 6.18. The van der Waals surface area contributed by atoms with Crippen molar-refractivity contribution >= 4 is 11.6 Å². The highest BCUT2D eigenvalue weighted by Crippen LogP contribution is 2.18. The van der Waals surface area contributed by atoms with E-state index >= 15 is 0 Å². The highest BCUT2D eigenvalue weighted by atomic mass is 16.1. The van der Waals surface area contributed by atoms with Crippen LogP contribution in [-0.4, -0.2) is 16.1 Å². The van der Waals surface area contributed by atoms with Gasteiger partial charge in [-0.15, -0.1) is 0 Å². The van der Waals surface area contributed by atoms with Gasteiger partial charge in [-0.1, -0.05) is 17.7 Å². The molecule has 1 aromatic carbocycles. The van der Waals surface area contributed by atoms with Crippen LogP contribution < -0.4 is 5.56 Å². The lowest BCUT2D eigenvalue weighted by Gasteiger charge is -2.16. The van der Waals surface area contributed by atoms with Crippen LogP contribution in [0.2, 0.25) is 0 Å². The Kier molecular flexibility index (Phi) is 2.71. The van der Waals surface area contributed by atoms with Gasteiger partial charge in [-0.3, -0.25) is 19.0 Å². The van der Waals surface area contributed by atoms with Gasteiger partial charge in [-0.05, 0) is 37.3 Å². The second-order valence-corrected chi connectivity index (χ2v) is 4.67. The molecule has 98 valence electrons. The van der Waals surface area contributed by atoms with Gasteiger partial charge >= 0.3 is 0 Å². The molecule has 0 radical (unpaired) electrons. The number of pyridine rings is 1. The van der Waals surface area contributed by atoms with Gasteiger partial charge in [0, 0.05) is 11.8 Å². The van der Waals surface area contributed by atoms with E-state index in [1.54, 1.807) is 12.1 Å². The zero-order chi connectivity index (χ0) is 14.3. The van der Waals surface area contributed by atoms with Crippen LogP contribution >= 0.6 is 0 Å². The Morgan fingerprint density at radius 1 is 0.800 bits per heavy atom. The molecule has 1 heterocycles. The molecule has 0 amide bonds. The molecular weight excluding hydrogens is 254 g/mol. The average molecular weight is 265 g/mol. The zero-order valence-electron chi connectivity index (χ0n) is 10.8. The van der Waals surface area contributed by atoms with E-state index < -0.39 is 0 Å². The van der Waals surface area contributed by atoms with Crippen molar-refractivity contribution in [1.29, 1.82) is 0 Å². The lowest BCUT2D eigenvalue weighted by Crippen LogP contribution is -2.28. The molecule has 0 aliphatic heterocycles. The fraction of sp³-hybridized carbons (Fsp3) is 0.0625. The molecule has 0 atom stereocenters. The minimum atomic E-state index is -0.335. The summed E-state index contributed by atoms with van der Waals surface area (Å²) < 4.78 is 1.29. The van der Waals surface area contributed by atoms with Gasteiger partial charge in [0.25, 0.3) is 5.56 Å². The van der Waals surface area contributed by atoms with Crippen molar-refractivity contribution < 1.29 is 9.59 Å². The van der Waals surface area contributed by atoms with Gasteiger partial charge in [-0.25, -0.2) is 0 Å². The molecule has 0 bridgehead atoms. The second kappa shape index (κ2) is 4.42. The number of carbonyl (C=O) groups excluding carboxylic acids is 2. The number of aryl methyl sites for hydroxylation is 1. The van der Waals surface area contributed by atoms with Crippen molar-refractivity contribution in [2.24, 2.45) is 0 Å². The van der Waals surface area contributed by atoms with Crippen molar-refractivity contribution in [3.8, 4) is 5.69 Å². The Bertz CT molecular complexity index is 811. The van der Waals surface area contributed by atoms with E-state index in [4.69, 9.17) is 0 Å². The van der Waals surface area contributed by atoms with Gasteiger partial charge in [0.2, 0.25) is 5.78 Å². The van der Waals surface area contributed by atoms with Crippen LogP contribution in [0.15, 0.2) is 53.3 Å². The Morgan fingerprint density at radius 3 is 2.15 bits per heavy atom. The summed E-state index contributed by atoms with van der Waals surface area (Å²) in [6.45, 7) is 1.93. The summed E-state index contributed by atoms with van der Waals surface area (Å²) in [5.74, 6) is -0.599. The van der Waals surface area contributed by atoms with Crippen molar-refractivity contribution in [3.63, 3.8) is 0 Å². The molecule has 0 N–H and O–H groups in total. The summed E-state index contributed by atoms with van der Waals surface area (Å²) in [5, 5.41) is 0. The molecule has 0 unspecified atom stereocenters. The minimum absolute atomic E-state index is 0.133. The van der Waals surface area contributed by atoms with Crippen LogP contribution in [-0.2, 0) is 0 Å². The minimum Gasteiger partial charge on any atom is -0.289 e. The largest absolute Gasteiger partial charge is 0.289 e. The van der Waals surface area contributed by atoms with Crippen LogP contribution in [0, 0.1) is 6.92 Å². The van der Waals surface area contributed by atoms with Crippen LogP contribution in [0.4, 0.5) is 0 Å². The van der Waals surface area contributed by atoms with Crippen LogP contribution in [0.3, 0.4) is 0 Å². The van der Waals surface area contributed by atoms with Crippen LogP contribution in [0.5, 0.6) is 0 Å². The molecule has 3 rings (SSSR count). The third kappa shape index (κ3) is 1.82. The molecule has 20 heavy (non-hydrogen) atoms. The summed E-state index contributed by atoms with van der Waals surface area (Å²) >= 11 is 0. The van der Waals surface area contributed by atoms with Gasteiger partial charge in [0.05, 0.1) is 5.56 Å². The first-order chi connectivity index (χ1) is 9.58. The number of rotatable bonds is 1. The quantitative estimate of drug-likeness (QED) is 0.793. The maximum atomic E-state index is 12.1. The van der Waals surface area contributed by atoms with E-state index in [0.29, 0.717) is 5.69 Å². The predicted molar refractivity (Wildman–Crippen MR) is 74.6 cm³/mol. The number of aromatic nitrogens is 1. The van der Waals surface area contributed by atoms with Crippen molar-refractivity contribution in [3.05, 3.63) is 75.7 Å². The Labute approximate surface area is 115 Å². The van der Waals surface area contributed by atoms with E-state index in [-0.39, 0.29) is 28.4 Å². The number of hydrogen-bond acceptors (Lipinski definition) is 3. The summed E-state index contributed by atoms with van der Waals surface area (Å²) in [6, 6.07) is 9.94. The number of nitrogens with zero attached hydrogens (tertiary/aromatic N) is 1. The summed E-state index contributed by atoms with van der Waals surface area (Å²) in [4.78, 5) is 36.0. The van der Waals surface area contributed by atoms with Crippen molar-refractivity contribution in [2.45, 2.75) is 6.92 Å². The predicted octanol–water partition coefficient (Wildman–Crippen LogP) is 2.08. The van der Waals surface area contributed by atoms with Gasteiger partial charge in [0.15, 0.2) is 5.78 Å². The molecular formula is C16H11NO3. The standard InChI is InChI=1S/C16H11NO3/c1-10-2-4-11(5-3-10)17-15(20)9-6-12-13(18)7-8-14(19)16(12)17/h2-9H,1H3. The molecule has 0 fully saturated rings. The van der Waals surface area contributed by atoms with E-state index in [2.05, 4.69) is 0 Å². The first kappa shape index (κ1) is 12.3. The highest BCUT2D eigenvalue weighted by molar-refractivity contribution is 6.21. The Morgan fingerprint density at radius 2 is 1.45 bits per heavy atom. The van der Waals surface area contributed by atoms with E-state index in [9.17, 15) is 14.4 Å². The number of ketones is 2. The summed E-state index contributed by atoms with van der Waals surface area (Å²) in [5.41, 5.74) is 1.69. The Balaban J connectivity index is 2.35. The lowest BCUT2D eigenvalue weighted by molar-refractivity contribution is 0.0988.